The Hall–Kier alpha value is -1.86. The summed E-state index contributed by atoms with van der Waals surface area (Å²) in [4.78, 5) is 14.1. The van der Waals surface area contributed by atoms with Crippen LogP contribution in [0.4, 0.5) is 0 Å². The summed E-state index contributed by atoms with van der Waals surface area (Å²) in [6.07, 6.45) is 1.30. The van der Waals surface area contributed by atoms with E-state index in [0.29, 0.717) is 13.0 Å². The van der Waals surface area contributed by atoms with Gasteiger partial charge in [0, 0.05) is 17.9 Å². The molecule has 0 bridgehead atoms. The lowest BCUT2D eigenvalue weighted by atomic mass is 9.97. The minimum Gasteiger partial charge on any atom is -0.349 e. The third-order valence-electron chi connectivity index (χ3n) is 4.72. The molecule has 2 heterocycles. The van der Waals surface area contributed by atoms with E-state index in [0.717, 1.165) is 23.1 Å². The number of amides is 1. The van der Waals surface area contributed by atoms with Crippen LogP contribution in [0.15, 0.2) is 18.2 Å². The summed E-state index contributed by atoms with van der Waals surface area (Å²) in [5.74, 6) is 0.345. The van der Waals surface area contributed by atoms with Gasteiger partial charge in [-0.05, 0) is 25.0 Å². The van der Waals surface area contributed by atoms with Gasteiger partial charge in [-0.25, -0.2) is 0 Å². The monoisotopic (exact) mass is 254 g/mol. The molecular formula is C15H14N2O2. The first-order valence-corrected chi connectivity index (χ1v) is 6.67. The van der Waals surface area contributed by atoms with Crippen LogP contribution >= 0.6 is 0 Å². The first kappa shape index (κ1) is 11.0. The molecule has 1 aromatic carbocycles. The minimum absolute atomic E-state index is 0.120. The molecule has 0 saturated carbocycles. The third kappa shape index (κ3) is 1.10. The number of carbonyl (C=O) groups excluding carboxylic acids is 1. The van der Waals surface area contributed by atoms with Crippen molar-refractivity contribution in [3.63, 3.8) is 0 Å². The number of ether oxygens (including phenoxy) is 1. The smallest absolute Gasteiger partial charge is 0.225 e. The predicted molar refractivity (Wildman–Crippen MR) is 66.9 cm³/mol. The van der Waals surface area contributed by atoms with Crippen LogP contribution in [0.5, 0.6) is 0 Å². The van der Waals surface area contributed by atoms with Crippen LogP contribution in [0.1, 0.15) is 30.0 Å². The molecule has 0 aromatic heterocycles. The highest BCUT2D eigenvalue weighted by atomic mass is 16.5. The summed E-state index contributed by atoms with van der Waals surface area (Å²) in [5, 5.41) is 9.24. The average Bonchev–Trinajstić information content (AvgIpc) is 2.98. The Balaban J connectivity index is 1.96. The molecule has 0 N–H and O–H groups in total. The summed E-state index contributed by atoms with van der Waals surface area (Å²) in [6, 6.07) is 8.13. The Morgan fingerprint density at radius 2 is 2.32 bits per heavy atom. The van der Waals surface area contributed by atoms with E-state index in [1.807, 2.05) is 30.0 Å². The molecule has 2 fully saturated rings. The zero-order valence-electron chi connectivity index (χ0n) is 10.7. The van der Waals surface area contributed by atoms with Gasteiger partial charge < -0.3 is 9.64 Å². The van der Waals surface area contributed by atoms with Gasteiger partial charge >= 0.3 is 0 Å². The first-order chi connectivity index (χ1) is 9.18. The van der Waals surface area contributed by atoms with E-state index in [1.165, 1.54) is 0 Å². The lowest BCUT2D eigenvalue weighted by Gasteiger charge is -2.33. The van der Waals surface area contributed by atoms with Crippen LogP contribution in [-0.4, -0.2) is 23.5 Å². The Bertz CT molecular complexity index is 634. The van der Waals surface area contributed by atoms with E-state index in [1.54, 1.807) is 0 Å². The van der Waals surface area contributed by atoms with Crippen molar-refractivity contribution in [1.82, 2.24) is 4.90 Å². The van der Waals surface area contributed by atoms with Crippen LogP contribution in [-0.2, 0) is 21.7 Å². The van der Waals surface area contributed by atoms with Crippen LogP contribution in [0, 0.1) is 17.2 Å². The number of nitrogens with zero attached hydrogens (tertiary/aromatic N) is 2. The van der Waals surface area contributed by atoms with Crippen molar-refractivity contribution in [2.24, 2.45) is 5.92 Å². The molecule has 1 amide bonds. The van der Waals surface area contributed by atoms with Crippen LogP contribution in [0.3, 0.4) is 0 Å². The van der Waals surface area contributed by atoms with Gasteiger partial charge in [0.25, 0.3) is 0 Å². The van der Waals surface area contributed by atoms with Gasteiger partial charge in [-0.3, -0.25) is 4.79 Å². The molecule has 2 aliphatic heterocycles. The second-order valence-electron chi connectivity index (χ2n) is 5.67. The number of benzene rings is 1. The zero-order valence-corrected chi connectivity index (χ0v) is 10.7. The quantitative estimate of drug-likeness (QED) is 0.705. The second-order valence-corrected chi connectivity index (χ2v) is 5.67. The highest BCUT2D eigenvalue weighted by molar-refractivity contribution is 5.82. The fourth-order valence-electron chi connectivity index (χ4n) is 4.04. The van der Waals surface area contributed by atoms with Gasteiger partial charge in [0.2, 0.25) is 5.91 Å². The average molecular weight is 254 g/mol. The number of rotatable bonds is 0. The molecule has 3 atom stereocenters. The minimum atomic E-state index is -0.585. The van der Waals surface area contributed by atoms with Crippen molar-refractivity contribution in [1.29, 1.82) is 5.26 Å². The van der Waals surface area contributed by atoms with Gasteiger partial charge in [0.05, 0.1) is 24.3 Å². The predicted octanol–water partition coefficient (Wildman–Crippen LogP) is 1.53. The summed E-state index contributed by atoms with van der Waals surface area (Å²) in [6.45, 7) is 2.61. The number of nitriles is 1. The Kier molecular flexibility index (Phi) is 1.95. The second kappa shape index (κ2) is 3.37. The lowest BCUT2D eigenvalue weighted by molar-refractivity contribution is -0.141. The Labute approximate surface area is 111 Å². The van der Waals surface area contributed by atoms with E-state index < -0.39 is 5.72 Å². The van der Waals surface area contributed by atoms with Crippen LogP contribution in [0.25, 0.3) is 0 Å². The lowest BCUT2D eigenvalue weighted by Crippen LogP contribution is -2.43. The summed E-state index contributed by atoms with van der Waals surface area (Å²) in [5.41, 5.74) is 2.24. The Morgan fingerprint density at radius 1 is 1.47 bits per heavy atom. The molecular weight excluding hydrogens is 240 g/mol. The molecule has 4 nitrogen and oxygen atoms in total. The molecule has 2 saturated heterocycles. The van der Waals surface area contributed by atoms with E-state index in [9.17, 15) is 10.1 Å². The molecule has 0 radical (unpaired) electrons. The maximum absolute atomic E-state index is 12.2. The van der Waals surface area contributed by atoms with Gasteiger partial charge in [-0.15, -0.1) is 0 Å². The molecule has 3 aliphatic rings. The Morgan fingerprint density at radius 3 is 3.11 bits per heavy atom. The molecule has 1 aliphatic carbocycles. The third-order valence-corrected chi connectivity index (χ3v) is 4.72. The van der Waals surface area contributed by atoms with Gasteiger partial charge in [0.1, 0.15) is 0 Å². The fraction of sp³-hybridized carbons (Fsp3) is 0.467. The van der Waals surface area contributed by atoms with E-state index >= 15 is 0 Å². The summed E-state index contributed by atoms with van der Waals surface area (Å²) < 4.78 is 6.09. The van der Waals surface area contributed by atoms with Gasteiger partial charge in [-0.1, -0.05) is 12.1 Å². The van der Waals surface area contributed by atoms with Gasteiger partial charge in [0.15, 0.2) is 5.72 Å². The van der Waals surface area contributed by atoms with E-state index in [2.05, 4.69) is 6.07 Å². The van der Waals surface area contributed by atoms with E-state index in [4.69, 9.17) is 4.74 Å². The molecule has 1 spiro atoms. The standard InChI is InChI=1S/C15H14N2O2/c1-9-8-19-15-11(6-14(18)17(9)15)5-12-10(7-16)3-2-4-13(12)15/h2-4,9,11H,5-6,8H2,1H3/t9-,11-,15?/m1/s1. The SMILES string of the molecule is C[C@@H]1COC23c4cccc(C#N)c4C[C@@H]2CC(=O)N13. The molecule has 96 valence electrons. The maximum atomic E-state index is 12.2. The highest BCUT2D eigenvalue weighted by Crippen LogP contribution is 2.56. The van der Waals surface area contributed by atoms with Crippen LogP contribution < -0.4 is 0 Å². The number of hydrogen-bond acceptors (Lipinski definition) is 3. The zero-order chi connectivity index (χ0) is 13.2. The molecule has 1 aromatic rings. The first-order valence-electron chi connectivity index (χ1n) is 6.67. The summed E-state index contributed by atoms with van der Waals surface area (Å²) >= 11 is 0. The van der Waals surface area contributed by atoms with Crippen molar-refractivity contribution in [3.05, 3.63) is 34.9 Å². The van der Waals surface area contributed by atoms with Crippen molar-refractivity contribution in [3.8, 4) is 6.07 Å². The van der Waals surface area contributed by atoms with Gasteiger partial charge in [-0.2, -0.15) is 5.26 Å². The molecule has 19 heavy (non-hydrogen) atoms. The van der Waals surface area contributed by atoms with Crippen molar-refractivity contribution in [2.45, 2.75) is 31.5 Å². The van der Waals surface area contributed by atoms with Crippen molar-refractivity contribution < 1.29 is 9.53 Å². The largest absolute Gasteiger partial charge is 0.349 e. The summed E-state index contributed by atoms with van der Waals surface area (Å²) in [7, 11) is 0. The fourth-order valence-corrected chi connectivity index (χ4v) is 4.04. The highest BCUT2D eigenvalue weighted by Gasteiger charge is 2.63. The normalized spacial score (nSPS) is 34.9. The number of fused-ring (bicyclic) bond motifs is 1. The number of hydrogen-bond donors (Lipinski definition) is 0. The molecule has 1 unspecified atom stereocenters. The topological polar surface area (TPSA) is 53.3 Å². The molecule has 4 heteroatoms. The van der Waals surface area contributed by atoms with Crippen molar-refractivity contribution in [2.75, 3.05) is 6.61 Å². The molecule has 4 rings (SSSR count). The van der Waals surface area contributed by atoms with Crippen molar-refractivity contribution >= 4 is 5.91 Å². The maximum Gasteiger partial charge on any atom is 0.225 e. The number of carbonyl (C=O) groups is 1. The van der Waals surface area contributed by atoms with Crippen LogP contribution in [0.2, 0.25) is 0 Å². The van der Waals surface area contributed by atoms with E-state index in [-0.39, 0.29) is 17.9 Å².